The second-order valence-corrected chi connectivity index (χ2v) is 0.983. The molecule has 0 amide bonds. The minimum absolute atomic E-state index is 0. The van der Waals surface area contributed by atoms with E-state index in [9.17, 15) is 0 Å². The van der Waals surface area contributed by atoms with Gasteiger partial charge in [-0.3, -0.25) is 0 Å². The van der Waals surface area contributed by atoms with E-state index in [1.807, 2.05) is 0 Å². The number of hydrogen-bond donors (Lipinski definition) is 0. The van der Waals surface area contributed by atoms with Gasteiger partial charge in [-0.2, -0.15) is 0 Å². The average molecular weight is 258 g/mol. The van der Waals surface area contributed by atoms with Crippen molar-refractivity contribution in [3.8, 4) is 0 Å². The number of aliphatic carboxylic acids is 2. The third-order valence-corrected chi connectivity index (χ3v) is 0. The van der Waals surface area contributed by atoms with Crippen LogP contribution in [0, 0.1) is 41.7 Å². The first kappa shape index (κ1) is 16.2. The molecule has 0 fully saturated rings. The Labute approximate surface area is 86.6 Å². The predicted octanol–water partition coefficient (Wildman–Crippen LogP) is -2.49. The average Bonchev–Trinajstić information content (AvgIpc) is 1.25. The fourth-order valence-electron chi connectivity index (χ4n) is 0. The quantitative estimate of drug-likeness (QED) is 0.481. The van der Waals surface area contributed by atoms with Crippen molar-refractivity contribution in [1.82, 2.24) is 0 Å². The van der Waals surface area contributed by atoms with E-state index in [1.54, 1.807) is 0 Å². The Morgan fingerprint density at radius 3 is 1.00 bits per heavy atom. The van der Waals surface area contributed by atoms with Crippen LogP contribution >= 0.6 is 0 Å². The van der Waals surface area contributed by atoms with Crippen LogP contribution in [0.5, 0.6) is 0 Å². The van der Waals surface area contributed by atoms with E-state index in [0.717, 1.165) is 13.8 Å². The van der Waals surface area contributed by atoms with Crippen LogP contribution < -0.4 is 10.2 Å². The summed E-state index contributed by atoms with van der Waals surface area (Å²) in [7, 11) is 0. The minimum Gasteiger partial charge on any atom is -0.550 e. The van der Waals surface area contributed by atoms with Crippen LogP contribution in [0.3, 0.4) is 0 Å². The SMILES string of the molecule is CC(=O)[O-].CC(=O)[O-].[Ce+2]. The number of rotatable bonds is 0. The number of carbonyl (C=O) groups excluding carboxylic acids is 2. The van der Waals surface area contributed by atoms with Crippen molar-refractivity contribution in [2.75, 3.05) is 0 Å². The van der Waals surface area contributed by atoms with Gasteiger partial charge in [-0.05, 0) is 13.8 Å². The Morgan fingerprint density at radius 2 is 1.00 bits per heavy atom. The molecule has 0 N–H and O–H groups in total. The summed E-state index contributed by atoms with van der Waals surface area (Å²) in [6, 6.07) is 0. The van der Waals surface area contributed by atoms with Crippen LogP contribution in [0.1, 0.15) is 13.8 Å². The van der Waals surface area contributed by atoms with Gasteiger partial charge in [0.25, 0.3) is 0 Å². The summed E-state index contributed by atoms with van der Waals surface area (Å²) in [5.41, 5.74) is 0. The van der Waals surface area contributed by atoms with Gasteiger partial charge in [-0.1, -0.05) is 0 Å². The number of carboxylic acids is 2. The van der Waals surface area contributed by atoms with E-state index < -0.39 is 11.9 Å². The third kappa shape index (κ3) is 3310. The van der Waals surface area contributed by atoms with Gasteiger partial charge in [0.05, 0.1) is 0 Å². The van der Waals surface area contributed by atoms with Crippen molar-refractivity contribution >= 4 is 11.9 Å². The zero-order valence-electron chi connectivity index (χ0n) is 5.13. The van der Waals surface area contributed by atoms with Gasteiger partial charge in [-0.15, -0.1) is 0 Å². The Balaban J connectivity index is -0.0000000720. The van der Waals surface area contributed by atoms with E-state index in [4.69, 9.17) is 19.8 Å². The van der Waals surface area contributed by atoms with Gasteiger partial charge in [-0.25, -0.2) is 0 Å². The standard InChI is InChI=1S/2C2H4O2.Ce/c2*1-2(3)4;/h2*1H3,(H,3,4);/q;;+2/p-2. The topological polar surface area (TPSA) is 80.3 Å². The number of hydrogen-bond acceptors (Lipinski definition) is 4. The van der Waals surface area contributed by atoms with Crippen LogP contribution in [0.2, 0.25) is 0 Å². The van der Waals surface area contributed by atoms with E-state index in [0.29, 0.717) is 0 Å². The molecule has 4 nitrogen and oxygen atoms in total. The summed E-state index contributed by atoms with van der Waals surface area (Å²) < 4.78 is 0. The smallest absolute Gasteiger partial charge is 0.550 e. The monoisotopic (exact) mass is 258 g/mol. The molecule has 0 bridgehead atoms. The van der Waals surface area contributed by atoms with Crippen molar-refractivity contribution in [2.24, 2.45) is 0 Å². The fourth-order valence-corrected chi connectivity index (χ4v) is 0. The molecule has 0 unspecified atom stereocenters. The van der Waals surface area contributed by atoms with Crippen LogP contribution in [0.25, 0.3) is 0 Å². The molecule has 0 saturated carbocycles. The second kappa shape index (κ2) is 11.2. The first-order valence-corrected chi connectivity index (χ1v) is 1.82. The largest absolute Gasteiger partial charge is 2.00 e. The summed E-state index contributed by atoms with van der Waals surface area (Å²) in [4.78, 5) is 17.8. The Bertz CT molecular complexity index is 70.6. The summed E-state index contributed by atoms with van der Waals surface area (Å²) in [5, 5.41) is 17.8. The zero-order chi connectivity index (χ0) is 7.15. The third-order valence-electron chi connectivity index (χ3n) is 0. The number of carbonyl (C=O) groups is 2. The van der Waals surface area contributed by atoms with Crippen molar-refractivity contribution in [3.63, 3.8) is 0 Å². The van der Waals surface area contributed by atoms with Crippen LogP contribution in [0.4, 0.5) is 0 Å². The maximum Gasteiger partial charge on any atom is 2.00 e. The maximum atomic E-state index is 8.89. The number of carboxylic acid groups (broad SMARTS) is 2. The van der Waals surface area contributed by atoms with Crippen LogP contribution in [0.15, 0.2) is 0 Å². The molecule has 0 radical (unpaired) electrons. The van der Waals surface area contributed by atoms with E-state index in [1.165, 1.54) is 0 Å². The summed E-state index contributed by atoms with van der Waals surface area (Å²) >= 11 is 0. The first-order valence-electron chi connectivity index (χ1n) is 1.82. The van der Waals surface area contributed by atoms with E-state index in [2.05, 4.69) is 0 Å². The van der Waals surface area contributed by atoms with Gasteiger partial charge in [0.2, 0.25) is 0 Å². The molecule has 0 aliphatic heterocycles. The summed E-state index contributed by atoms with van der Waals surface area (Å²) in [6.07, 6.45) is 0. The molecule has 0 aliphatic carbocycles. The molecular weight excluding hydrogens is 252 g/mol. The molecule has 0 aromatic rings. The Hall–Kier alpha value is 0.317. The van der Waals surface area contributed by atoms with Gasteiger partial charge in [0, 0.05) is 11.9 Å². The Morgan fingerprint density at radius 1 is 1.00 bits per heavy atom. The van der Waals surface area contributed by atoms with Gasteiger partial charge in [0.1, 0.15) is 0 Å². The van der Waals surface area contributed by atoms with Crippen molar-refractivity contribution < 1.29 is 61.5 Å². The van der Waals surface area contributed by atoms with Crippen molar-refractivity contribution in [2.45, 2.75) is 13.8 Å². The summed E-state index contributed by atoms with van der Waals surface area (Å²) in [6.45, 7) is 1.94. The molecule has 0 spiro atoms. The molecular formula is C4H6CeO4. The fraction of sp³-hybridized carbons (Fsp3) is 0.500. The van der Waals surface area contributed by atoms with Crippen molar-refractivity contribution in [1.29, 1.82) is 0 Å². The van der Waals surface area contributed by atoms with Crippen molar-refractivity contribution in [3.05, 3.63) is 0 Å². The molecule has 0 rings (SSSR count). The molecule has 50 valence electrons. The molecule has 5 heteroatoms. The molecule has 0 heterocycles. The molecule has 0 saturated heterocycles. The predicted molar refractivity (Wildman–Crippen MR) is 21.4 cm³/mol. The molecule has 0 aromatic heterocycles. The summed E-state index contributed by atoms with van der Waals surface area (Å²) in [5.74, 6) is -2.17. The Kier molecular flexibility index (Phi) is 20.0. The molecule has 0 aromatic carbocycles. The van der Waals surface area contributed by atoms with Crippen LogP contribution in [-0.4, -0.2) is 11.9 Å². The van der Waals surface area contributed by atoms with Gasteiger partial charge >= 0.3 is 41.7 Å². The minimum atomic E-state index is -1.08. The normalized spacial score (nSPS) is 5.56. The van der Waals surface area contributed by atoms with Crippen LogP contribution in [-0.2, 0) is 9.59 Å². The molecule has 0 atom stereocenters. The molecule has 0 aliphatic rings. The van der Waals surface area contributed by atoms with E-state index >= 15 is 0 Å². The van der Waals surface area contributed by atoms with E-state index in [-0.39, 0.29) is 41.7 Å². The van der Waals surface area contributed by atoms with Gasteiger partial charge < -0.3 is 19.8 Å². The molecule has 9 heavy (non-hydrogen) atoms. The van der Waals surface area contributed by atoms with Gasteiger partial charge in [0.15, 0.2) is 0 Å². The zero-order valence-corrected chi connectivity index (χ0v) is 8.27. The maximum absolute atomic E-state index is 8.89. The first-order chi connectivity index (χ1) is 3.46. The second-order valence-electron chi connectivity index (χ2n) is 0.983.